The van der Waals surface area contributed by atoms with Gasteiger partial charge in [0.2, 0.25) is 5.91 Å². The largest absolute Gasteiger partial charge is 0.350 e. The Kier molecular flexibility index (Phi) is 6.01. The molecule has 0 heterocycles. The molecule has 17 heavy (non-hydrogen) atoms. The van der Waals surface area contributed by atoms with Gasteiger partial charge in [0, 0.05) is 18.0 Å². The fraction of sp³-hybridized carbons (Fsp3) is 0.462. The molecule has 0 aliphatic heterocycles. The molecule has 2 N–H and O–H groups in total. The van der Waals surface area contributed by atoms with E-state index in [0.29, 0.717) is 18.0 Å². The molecular formula is C13H19ClN2O. The zero-order chi connectivity index (χ0) is 12.7. The SMILES string of the molecule is CCNCCC(=O)N[C@@H](C)c1cccc(Cl)c1. The number of carbonyl (C=O) groups is 1. The molecule has 3 nitrogen and oxygen atoms in total. The van der Waals surface area contributed by atoms with Crippen molar-refractivity contribution in [3.8, 4) is 0 Å². The van der Waals surface area contributed by atoms with Gasteiger partial charge in [-0.25, -0.2) is 0 Å². The van der Waals surface area contributed by atoms with E-state index < -0.39 is 0 Å². The summed E-state index contributed by atoms with van der Waals surface area (Å²) in [7, 11) is 0. The van der Waals surface area contributed by atoms with Gasteiger partial charge in [0.05, 0.1) is 6.04 Å². The third-order valence-electron chi connectivity index (χ3n) is 2.51. The van der Waals surface area contributed by atoms with Gasteiger partial charge < -0.3 is 10.6 Å². The highest BCUT2D eigenvalue weighted by Gasteiger charge is 2.09. The molecule has 0 unspecified atom stereocenters. The molecule has 94 valence electrons. The molecule has 0 aromatic heterocycles. The van der Waals surface area contributed by atoms with E-state index in [-0.39, 0.29) is 11.9 Å². The Bertz CT molecular complexity index is 368. The van der Waals surface area contributed by atoms with Crippen LogP contribution in [-0.4, -0.2) is 19.0 Å². The molecule has 4 heteroatoms. The summed E-state index contributed by atoms with van der Waals surface area (Å²) >= 11 is 5.91. The standard InChI is InChI=1S/C13H19ClN2O/c1-3-15-8-7-13(17)16-10(2)11-5-4-6-12(14)9-11/h4-6,9-10,15H,3,7-8H2,1-2H3,(H,16,17)/t10-/m0/s1. The fourth-order valence-corrected chi connectivity index (χ4v) is 1.75. The van der Waals surface area contributed by atoms with E-state index in [0.717, 1.165) is 12.1 Å². The summed E-state index contributed by atoms with van der Waals surface area (Å²) in [5.74, 6) is 0.0541. The van der Waals surface area contributed by atoms with E-state index in [4.69, 9.17) is 11.6 Å². The highest BCUT2D eigenvalue weighted by atomic mass is 35.5. The van der Waals surface area contributed by atoms with Gasteiger partial charge in [0.15, 0.2) is 0 Å². The summed E-state index contributed by atoms with van der Waals surface area (Å²) in [5, 5.41) is 6.76. The fourth-order valence-electron chi connectivity index (χ4n) is 1.55. The normalized spacial score (nSPS) is 12.2. The molecule has 1 rings (SSSR count). The number of amides is 1. The molecule has 0 spiro atoms. The van der Waals surface area contributed by atoms with Crippen molar-refractivity contribution >= 4 is 17.5 Å². The lowest BCUT2D eigenvalue weighted by molar-refractivity contribution is -0.121. The van der Waals surface area contributed by atoms with Crippen molar-refractivity contribution in [2.45, 2.75) is 26.3 Å². The van der Waals surface area contributed by atoms with Crippen molar-refractivity contribution in [3.63, 3.8) is 0 Å². The molecule has 0 saturated carbocycles. The Balaban J connectivity index is 2.43. The van der Waals surface area contributed by atoms with E-state index in [1.165, 1.54) is 0 Å². The maximum absolute atomic E-state index is 11.6. The van der Waals surface area contributed by atoms with Crippen molar-refractivity contribution < 1.29 is 4.79 Å². The van der Waals surface area contributed by atoms with Crippen molar-refractivity contribution in [3.05, 3.63) is 34.9 Å². The third kappa shape index (κ3) is 5.20. The van der Waals surface area contributed by atoms with Crippen molar-refractivity contribution in [2.75, 3.05) is 13.1 Å². The summed E-state index contributed by atoms with van der Waals surface area (Å²) in [5.41, 5.74) is 1.02. The molecule has 0 aliphatic carbocycles. The van der Waals surface area contributed by atoms with E-state index in [1.807, 2.05) is 38.1 Å². The van der Waals surface area contributed by atoms with Crippen LogP contribution in [0, 0.1) is 0 Å². The highest BCUT2D eigenvalue weighted by Crippen LogP contribution is 2.17. The molecular weight excluding hydrogens is 236 g/mol. The van der Waals surface area contributed by atoms with Crippen LogP contribution in [0.5, 0.6) is 0 Å². The summed E-state index contributed by atoms with van der Waals surface area (Å²) in [6, 6.07) is 7.53. The van der Waals surface area contributed by atoms with Crippen LogP contribution in [0.2, 0.25) is 5.02 Å². The van der Waals surface area contributed by atoms with Crippen molar-refractivity contribution in [1.82, 2.24) is 10.6 Å². The maximum Gasteiger partial charge on any atom is 0.221 e. The van der Waals surface area contributed by atoms with Gasteiger partial charge in [-0.15, -0.1) is 0 Å². The maximum atomic E-state index is 11.6. The lowest BCUT2D eigenvalue weighted by atomic mass is 10.1. The number of hydrogen-bond acceptors (Lipinski definition) is 2. The van der Waals surface area contributed by atoms with Crippen molar-refractivity contribution in [1.29, 1.82) is 0 Å². The smallest absolute Gasteiger partial charge is 0.221 e. The average molecular weight is 255 g/mol. The van der Waals surface area contributed by atoms with Crippen LogP contribution < -0.4 is 10.6 Å². The van der Waals surface area contributed by atoms with E-state index in [1.54, 1.807) is 0 Å². The van der Waals surface area contributed by atoms with E-state index in [2.05, 4.69) is 10.6 Å². The first kappa shape index (κ1) is 14.0. The lowest BCUT2D eigenvalue weighted by Crippen LogP contribution is -2.29. The van der Waals surface area contributed by atoms with Gasteiger partial charge >= 0.3 is 0 Å². The number of halogens is 1. The topological polar surface area (TPSA) is 41.1 Å². The Morgan fingerprint density at radius 3 is 2.88 bits per heavy atom. The van der Waals surface area contributed by atoms with Gasteiger partial charge in [0.25, 0.3) is 0 Å². The van der Waals surface area contributed by atoms with Crippen LogP contribution in [-0.2, 0) is 4.79 Å². The second-order valence-corrected chi connectivity index (χ2v) is 4.38. The van der Waals surface area contributed by atoms with Gasteiger partial charge in [-0.05, 0) is 31.2 Å². The number of benzene rings is 1. The van der Waals surface area contributed by atoms with Crippen molar-refractivity contribution in [2.24, 2.45) is 0 Å². The van der Waals surface area contributed by atoms with Crippen LogP contribution in [0.4, 0.5) is 0 Å². The molecule has 1 atom stereocenters. The molecule has 0 radical (unpaired) electrons. The van der Waals surface area contributed by atoms with Crippen LogP contribution in [0.1, 0.15) is 31.9 Å². The molecule has 0 saturated heterocycles. The van der Waals surface area contributed by atoms with Gasteiger partial charge in [-0.2, -0.15) is 0 Å². The Morgan fingerprint density at radius 1 is 1.47 bits per heavy atom. The Hall–Kier alpha value is -1.06. The zero-order valence-electron chi connectivity index (χ0n) is 10.3. The molecule has 0 fully saturated rings. The van der Waals surface area contributed by atoms with E-state index in [9.17, 15) is 4.79 Å². The van der Waals surface area contributed by atoms with Crippen LogP contribution >= 0.6 is 11.6 Å². The van der Waals surface area contributed by atoms with Gasteiger partial charge in [0.1, 0.15) is 0 Å². The average Bonchev–Trinajstić information content (AvgIpc) is 2.29. The summed E-state index contributed by atoms with van der Waals surface area (Å²) < 4.78 is 0. The molecule has 0 bridgehead atoms. The van der Waals surface area contributed by atoms with Gasteiger partial charge in [-0.3, -0.25) is 4.79 Å². The number of carbonyl (C=O) groups excluding carboxylic acids is 1. The minimum atomic E-state index is -0.0113. The minimum absolute atomic E-state index is 0.0113. The first-order valence-electron chi connectivity index (χ1n) is 5.89. The highest BCUT2D eigenvalue weighted by molar-refractivity contribution is 6.30. The second-order valence-electron chi connectivity index (χ2n) is 3.95. The predicted molar refractivity (Wildman–Crippen MR) is 71.2 cm³/mol. The van der Waals surface area contributed by atoms with Gasteiger partial charge in [-0.1, -0.05) is 30.7 Å². The number of rotatable bonds is 6. The Labute approximate surface area is 108 Å². The monoisotopic (exact) mass is 254 g/mol. The summed E-state index contributed by atoms with van der Waals surface area (Å²) in [6.45, 7) is 5.57. The Morgan fingerprint density at radius 2 is 2.24 bits per heavy atom. The summed E-state index contributed by atoms with van der Waals surface area (Å²) in [6.07, 6.45) is 0.499. The lowest BCUT2D eigenvalue weighted by Gasteiger charge is -2.14. The minimum Gasteiger partial charge on any atom is -0.350 e. The second kappa shape index (κ2) is 7.30. The third-order valence-corrected chi connectivity index (χ3v) is 2.74. The quantitative estimate of drug-likeness (QED) is 0.766. The van der Waals surface area contributed by atoms with E-state index >= 15 is 0 Å². The van der Waals surface area contributed by atoms with Crippen LogP contribution in [0.25, 0.3) is 0 Å². The molecule has 1 amide bonds. The van der Waals surface area contributed by atoms with Crippen LogP contribution in [0.15, 0.2) is 24.3 Å². The molecule has 1 aromatic rings. The number of nitrogens with one attached hydrogen (secondary N) is 2. The number of hydrogen-bond donors (Lipinski definition) is 2. The first-order valence-corrected chi connectivity index (χ1v) is 6.26. The molecule has 1 aromatic carbocycles. The zero-order valence-corrected chi connectivity index (χ0v) is 11.1. The first-order chi connectivity index (χ1) is 8.13. The van der Waals surface area contributed by atoms with Crippen LogP contribution in [0.3, 0.4) is 0 Å². The molecule has 0 aliphatic rings. The summed E-state index contributed by atoms with van der Waals surface area (Å²) in [4.78, 5) is 11.6. The predicted octanol–water partition coefficient (Wildman–Crippen LogP) is 2.52.